The zero-order valence-corrected chi connectivity index (χ0v) is 15.9. The highest BCUT2D eigenvalue weighted by atomic mass is 16.5. The van der Waals surface area contributed by atoms with Gasteiger partial charge in [0.25, 0.3) is 5.91 Å². The van der Waals surface area contributed by atoms with E-state index in [-0.39, 0.29) is 29.6 Å². The summed E-state index contributed by atoms with van der Waals surface area (Å²) in [6.45, 7) is 2.30. The minimum atomic E-state index is -0.677. The lowest BCUT2D eigenvalue weighted by Gasteiger charge is -2.55. The van der Waals surface area contributed by atoms with E-state index in [0.29, 0.717) is 24.3 Å². The van der Waals surface area contributed by atoms with Crippen molar-refractivity contribution < 1.29 is 18.7 Å². The van der Waals surface area contributed by atoms with Gasteiger partial charge >= 0.3 is 0 Å². The van der Waals surface area contributed by atoms with Gasteiger partial charge in [-0.2, -0.15) is 0 Å². The number of benzene rings is 1. The average Bonchev–Trinajstić information content (AvgIpc) is 3.11. The molecule has 2 N–H and O–H groups in total. The van der Waals surface area contributed by atoms with Gasteiger partial charge in [0.2, 0.25) is 5.91 Å². The normalized spacial score (nSPS) is 30.5. The molecule has 146 valence electrons. The van der Waals surface area contributed by atoms with Crippen LogP contribution in [0, 0.1) is 24.7 Å². The van der Waals surface area contributed by atoms with Crippen molar-refractivity contribution in [1.29, 1.82) is 0 Å². The van der Waals surface area contributed by atoms with Gasteiger partial charge in [0, 0.05) is 18.3 Å². The molecular formula is C22H24N2O4. The molecule has 0 saturated heterocycles. The minimum Gasteiger partial charge on any atom is -0.467 e. The van der Waals surface area contributed by atoms with Crippen LogP contribution in [-0.4, -0.2) is 17.5 Å². The number of hydrogen-bond acceptors (Lipinski definition) is 4. The van der Waals surface area contributed by atoms with Gasteiger partial charge in [-0.05, 0) is 56.4 Å². The summed E-state index contributed by atoms with van der Waals surface area (Å²) in [7, 11) is 0. The van der Waals surface area contributed by atoms with E-state index in [0.717, 1.165) is 30.8 Å². The van der Waals surface area contributed by atoms with Crippen LogP contribution in [0.15, 0.2) is 40.8 Å². The summed E-state index contributed by atoms with van der Waals surface area (Å²) in [5.74, 6) is 2.54. The van der Waals surface area contributed by atoms with E-state index in [1.807, 2.05) is 37.3 Å². The highest BCUT2D eigenvalue weighted by molar-refractivity contribution is 5.98. The van der Waals surface area contributed by atoms with Crippen LogP contribution < -0.4 is 15.4 Å². The molecule has 4 atom stereocenters. The molecule has 2 amide bonds. The van der Waals surface area contributed by atoms with Crippen molar-refractivity contribution in [3.63, 3.8) is 0 Å². The molecule has 0 radical (unpaired) electrons. The van der Waals surface area contributed by atoms with E-state index in [4.69, 9.17) is 9.15 Å². The quantitative estimate of drug-likeness (QED) is 0.857. The molecule has 1 aromatic heterocycles. The molecule has 6 nitrogen and oxygen atoms in total. The van der Waals surface area contributed by atoms with Gasteiger partial charge in [-0.1, -0.05) is 12.1 Å². The van der Waals surface area contributed by atoms with E-state index in [2.05, 4.69) is 10.6 Å². The van der Waals surface area contributed by atoms with Crippen molar-refractivity contribution >= 4 is 11.8 Å². The minimum absolute atomic E-state index is 0.0434. The SMILES string of the molecule is Cc1ccc(CNC(=O)[C@@H]2C[C@@H]3CC[C@@H]2C[C@@]32NC(=O)c3ccccc3O2)o1. The number of furan rings is 1. The topological polar surface area (TPSA) is 80.6 Å². The fraction of sp³-hybridized carbons (Fsp3) is 0.455. The Labute approximate surface area is 163 Å². The third-order valence-electron chi connectivity index (χ3n) is 6.54. The molecular weight excluding hydrogens is 356 g/mol. The zero-order chi connectivity index (χ0) is 19.3. The molecule has 2 bridgehead atoms. The first-order valence-electron chi connectivity index (χ1n) is 9.98. The van der Waals surface area contributed by atoms with Crippen molar-refractivity contribution in [2.75, 3.05) is 0 Å². The number of amides is 2. The number of rotatable bonds is 3. The van der Waals surface area contributed by atoms with Crippen LogP contribution >= 0.6 is 0 Å². The average molecular weight is 380 g/mol. The van der Waals surface area contributed by atoms with Gasteiger partial charge in [0.15, 0.2) is 5.72 Å². The zero-order valence-electron chi connectivity index (χ0n) is 15.9. The molecule has 4 aliphatic rings. The maximum atomic E-state index is 12.8. The van der Waals surface area contributed by atoms with E-state index in [1.165, 1.54) is 0 Å². The summed E-state index contributed by atoms with van der Waals surface area (Å²) < 4.78 is 11.9. The molecule has 28 heavy (non-hydrogen) atoms. The molecule has 3 aliphatic carbocycles. The Balaban J connectivity index is 1.30. The summed E-state index contributed by atoms with van der Waals surface area (Å²) >= 11 is 0. The molecule has 3 saturated carbocycles. The van der Waals surface area contributed by atoms with Gasteiger partial charge in [-0.3, -0.25) is 9.59 Å². The Hall–Kier alpha value is -2.76. The summed E-state index contributed by atoms with van der Waals surface area (Å²) in [5, 5.41) is 6.15. The standard InChI is InChI=1S/C22H24N2O4/c1-13-6-9-16(27-13)12-23-20(25)18-10-15-8-7-14(18)11-22(15)24-21(26)17-4-2-3-5-19(17)28-22/h2-6,9,14-15,18H,7-8,10-12H2,1H3,(H,23,25)(H,24,26)/t14-,15+,18-,22+/m1/s1. The first-order chi connectivity index (χ1) is 13.5. The summed E-state index contributed by atoms with van der Waals surface area (Å²) in [6, 6.07) is 11.2. The number of nitrogens with one attached hydrogen (secondary N) is 2. The number of fused-ring (bicyclic) bond motifs is 3. The largest absolute Gasteiger partial charge is 0.467 e. The number of aryl methyl sites for hydroxylation is 1. The van der Waals surface area contributed by atoms with Gasteiger partial charge in [-0.15, -0.1) is 0 Å². The maximum absolute atomic E-state index is 12.8. The van der Waals surface area contributed by atoms with Crippen molar-refractivity contribution in [2.24, 2.45) is 17.8 Å². The number of carbonyl (C=O) groups excluding carboxylic acids is 2. The van der Waals surface area contributed by atoms with Crippen LogP contribution in [0.4, 0.5) is 0 Å². The maximum Gasteiger partial charge on any atom is 0.258 e. The van der Waals surface area contributed by atoms with Gasteiger partial charge in [0.05, 0.1) is 12.1 Å². The molecule has 2 aromatic rings. The summed E-state index contributed by atoms with van der Waals surface area (Å²) in [4.78, 5) is 25.5. The fourth-order valence-corrected chi connectivity index (χ4v) is 5.17. The van der Waals surface area contributed by atoms with E-state index < -0.39 is 5.72 Å². The lowest BCUT2D eigenvalue weighted by atomic mass is 9.60. The Morgan fingerprint density at radius 3 is 2.86 bits per heavy atom. The van der Waals surface area contributed by atoms with Crippen molar-refractivity contribution in [3.05, 3.63) is 53.5 Å². The Kier molecular flexibility index (Phi) is 3.96. The van der Waals surface area contributed by atoms with E-state index in [9.17, 15) is 9.59 Å². The molecule has 0 unspecified atom stereocenters. The van der Waals surface area contributed by atoms with Gasteiger partial charge in [0.1, 0.15) is 17.3 Å². The first-order valence-corrected chi connectivity index (χ1v) is 9.98. The smallest absolute Gasteiger partial charge is 0.258 e. The number of hydrogen-bond donors (Lipinski definition) is 2. The van der Waals surface area contributed by atoms with Crippen LogP contribution in [0.25, 0.3) is 0 Å². The van der Waals surface area contributed by atoms with Crippen molar-refractivity contribution in [1.82, 2.24) is 10.6 Å². The Morgan fingerprint density at radius 1 is 1.25 bits per heavy atom. The molecule has 2 heterocycles. The third kappa shape index (κ3) is 2.79. The molecule has 1 spiro atoms. The second kappa shape index (κ2) is 6.40. The second-order valence-electron chi connectivity index (χ2n) is 8.25. The van der Waals surface area contributed by atoms with Crippen LogP contribution in [0.3, 0.4) is 0 Å². The third-order valence-corrected chi connectivity index (χ3v) is 6.54. The molecule has 6 heteroatoms. The highest BCUT2D eigenvalue weighted by Crippen LogP contribution is 2.52. The molecule has 6 rings (SSSR count). The number of carbonyl (C=O) groups is 2. The lowest BCUT2D eigenvalue weighted by molar-refractivity contribution is -0.146. The Bertz CT molecular complexity index is 936. The predicted molar refractivity (Wildman–Crippen MR) is 101 cm³/mol. The number of ether oxygens (including phenoxy) is 1. The highest BCUT2D eigenvalue weighted by Gasteiger charge is 2.57. The van der Waals surface area contributed by atoms with Crippen LogP contribution in [0.5, 0.6) is 5.75 Å². The van der Waals surface area contributed by atoms with Crippen molar-refractivity contribution in [3.8, 4) is 5.75 Å². The monoisotopic (exact) mass is 380 g/mol. The van der Waals surface area contributed by atoms with E-state index in [1.54, 1.807) is 6.07 Å². The first kappa shape index (κ1) is 17.3. The molecule has 1 aliphatic heterocycles. The van der Waals surface area contributed by atoms with E-state index >= 15 is 0 Å². The van der Waals surface area contributed by atoms with Crippen LogP contribution in [-0.2, 0) is 11.3 Å². The van der Waals surface area contributed by atoms with Gasteiger partial charge < -0.3 is 19.8 Å². The fourth-order valence-electron chi connectivity index (χ4n) is 5.17. The molecule has 3 fully saturated rings. The van der Waals surface area contributed by atoms with Crippen LogP contribution in [0.2, 0.25) is 0 Å². The summed E-state index contributed by atoms with van der Waals surface area (Å²) in [6.07, 6.45) is 3.37. The number of para-hydroxylation sites is 1. The molecule has 1 aromatic carbocycles. The Morgan fingerprint density at radius 2 is 2.11 bits per heavy atom. The van der Waals surface area contributed by atoms with Gasteiger partial charge in [-0.25, -0.2) is 0 Å². The van der Waals surface area contributed by atoms with Crippen LogP contribution in [0.1, 0.15) is 47.6 Å². The predicted octanol–water partition coefficient (Wildman–Crippen LogP) is 3.16. The van der Waals surface area contributed by atoms with Crippen molar-refractivity contribution in [2.45, 2.75) is 44.9 Å². The lowest BCUT2D eigenvalue weighted by Crippen LogP contribution is -2.66. The summed E-state index contributed by atoms with van der Waals surface area (Å²) in [5.41, 5.74) is -0.0962. The second-order valence-corrected chi connectivity index (χ2v) is 8.25.